The summed E-state index contributed by atoms with van der Waals surface area (Å²) in [5, 5.41) is 8.98. The van der Waals surface area contributed by atoms with Crippen LogP contribution in [0.15, 0.2) is 60.9 Å². The Morgan fingerprint density at radius 1 is 1.24 bits per heavy atom. The lowest BCUT2D eigenvalue weighted by molar-refractivity contribution is 0.508. The Kier molecular flexibility index (Phi) is 5.36. The van der Waals surface area contributed by atoms with Crippen LogP contribution in [0.25, 0.3) is 5.69 Å². The van der Waals surface area contributed by atoms with Crippen LogP contribution >= 0.6 is 23.8 Å². The first kappa shape index (κ1) is 17.5. The Bertz CT molecular complexity index is 876. The fourth-order valence-corrected chi connectivity index (χ4v) is 2.76. The van der Waals surface area contributed by atoms with Gasteiger partial charge in [0.05, 0.1) is 11.9 Å². The van der Waals surface area contributed by atoms with E-state index in [9.17, 15) is 0 Å². The van der Waals surface area contributed by atoms with Crippen LogP contribution in [-0.4, -0.2) is 26.8 Å². The summed E-state index contributed by atoms with van der Waals surface area (Å²) in [4.78, 5) is 1.97. The Balaban J connectivity index is 1.63. The third-order valence-corrected chi connectivity index (χ3v) is 4.67. The first-order chi connectivity index (χ1) is 12.0. The number of nitrogens with zero attached hydrogens (tertiary/aromatic N) is 3. The number of benzene rings is 2. The van der Waals surface area contributed by atoms with Gasteiger partial charge in [0.25, 0.3) is 0 Å². The molecule has 0 saturated heterocycles. The molecule has 0 saturated carbocycles. The van der Waals surface area contributed by atoms with Crippen molar-refractivity contribution in [2.24, 2.45) is 0 Å². The van der Waals surface area contributed by atoms with Gasteiger partial charge in [0.1, 0.15) is 0 Å². The predicted octanol–water partition coefficient (Wildman–Crippen LogP) is 4.66. The quantitative estimate of drug-likeness (QED) is 0.677. The number of thiocarbonyl (C=S) groups is 1. The Labute approximate surface area is 158 Å². The molecule has 0 aliphatic heterocycles. The molecule has 0 bridgehead atoms. The molecule has 2 aromatic carbocycles. The average Bonchev–Trinajstić information content (AvgIpc) is 3.07. The van der Waals surface area contributed by atoms with Crippen LogP contribution in [0.1, 0.15) is 11.1 Å². The fourth-order valence-electron chi connectivity index (χ4n) is 2.40. The van der Waals surface area contributed by atoms with Crippen molar-refractivity contribution >= 4 is 34.6 Å². The number of aromatic nitrogens is 2. The number of para-hydroxylation sites is 1. The van der Waals surface area contributed by atoms with Crippen LogP contribution in [0.5, 0.6) is 0 Å². The van der Waals surface area contributed by atoms with Gasteiger partial charge < -0.3 is 10.2 Å². The van der Waals surface area contributed by atoms with E-state index in [4.69, 9.17) is 23.8 Å². The number of hydrogen-bond donors (Lipinski definition) is 1. The van der Waals surface area contributed by atoms with Crippen LogP contribution in [0.2, 0.25) is 5.02 Å². The summed E-state index contributed by atoms with van der Waals surface area (Å²) in [5.74, 6) is 0. The van der Waals surface area contributed by atoms with E-state index in [1.165, 1.54) is 0 Å². The largest absolute Gasteiger partial charge is 0.348 e. The van der Waals surface area contributed by atoms with E-state index in [1.54, 1.807) is 0 Å². The predicted molar refractivity (Wildman–Crippen MR) is 107 cm³/mol. The molecule has 6 heteroatoms. The molecule has 1 heterocycles. The van der Waals surface area contributed by atoms with Gasteiger partial charge >= 0.3 is 0 Å². The van der Waals surface area contributed by atoms with E-state index in [1.807, 2.05) is 84.5 Å². The molecule has 0 unspecified atom stereocenters. The molecular weight excluding hydrogens is 352 g/mol. The highest BCUT2D eigenvalue weighted by Gasteiger charge is 2.09. The standard InChI is InChI=1S/C19H19ClN4S/c1-14-8-9-16(10-18(14)20)22-19(25)23(2)12-15-11-21-24(13-15)17-6-4-3-5-7-17/h3-11,13H,12H2,1-2H3,(H,22,25). The SMILES string of the molecule is Cc1ccc(NC(=S)N(C)Cc2cnn(-c3ccccc3)c2)cc1Cl. The van der Waals surface area contributed by atoms with Crippen LogP contribution in [-0.2, 0) is 6.54 Å². The van der Waals surface area contributed by atoms with Gasteiger partial charge in [-0.15, -0.1) is 0 Å². The van der Waals surface area contributed by atoms with Gasteiger partial charge in [-0.3, -0.25) is 0 Å². The van der Waals surface area contributed by atoms with Crippen molar-refractivity contribution in [1.29, 1.82) is 0 Å². The molecule has 1 N–H and O–H groups in total. The van der Waals surface area contributed by atoms with Gasteiger partial charge in [0.15, 0.2) is 5.11 Å². The number of hydrogen-bond acceptors (Lipinski definition) is 2. The normalized spacial score (nSPS) is 10.5. The number of rotatable bonds is 4. The molecule has 0 spiro atoms. The molecular formula is C19H19ClN4S. The third kappa shape index (κ3) is 4.38. The maximum absolute atomic E-state index is 6.16. The van der Waals surface area contributed by atoms with E-state index < -0.39 is 0 Å². The minimum Gasteiger partial charge on any atom is -0.348 e. The van der Waals surface area contributed by atoms with E-state index in [0.717, 1.165) is 27.5 Å². The summed E-state index contributed by atoms with van der Waals surface area (Å²) in [7, 11) is 1.95. The lowest BCUT2D eigenvalue weighted by atomic mass is 10.2. The second kappa shape index (κ2) is 7.68. The second-order valence-electron chi connectivity index (χ2n) is 5.88. The van der Waals surface area contributed by atoms with Crippen molar-refractivity contribution in [1.82, 2.24) is 14.7 Å². The first-order valence-electron chi connectivity index (χ1n) is 7.90. The van der Waals surface area contributed by atoms with Crippen molar-refractivity contribution < 1.29 is 0 Å². The Morgan fingerprint density at radius 2 is 2.00 bits per heavy atom. The highest BCUT2D eigenvalue weighted by atomic mass is 35.5. The first-order valence-corrected chi connectivity index (χ1v) is 8.69. The summed E-state index contributed by atoms with van der Waals surface area (Å²) < 4.78 is 1.86. The molecule has 3 aromatic rings. The molecule has 4 nitrogen and oxygen atoms in total. The maximum Gasteiger partial charge on any atom is 0.173 e. The van der Waals surface area contributed by atoms with Crippen molar-refractivity contribution in [3.05, 3.63) is 77.1 Å². The van der Waals surface area contributed by atoms with Crippen LogP contribution < -0.4 is 5.32 Å². The summed E-state index contributed by atoms with van der Waals surface area (Å²) in [6, 6.07) is 15.8. The molecule has 0 aliphatic rings. The monoisotopic (exact) mass is 370 g/mol. The number of anilines is 1. The Hall–Kier alpha value is -2.37. The maximum atomic E-state index is 6.16. The van der Waals surface area contributed by atoms with Gasteiger partial charge in [-0.05, 0) is 49.0 Å². The highest BCUT2D eigenvalue weighted by Crippen LogP contribution is 2.20. The van der Waals surface area contributed by atoms with Crippen molar-refractivity contribution in [2.75, 3.05) is 12.4 Å². The van der Waals surface area contributed by atoms with Gasteiger partial charge in [0.2, 0.25) is 0 Å². The van der Waals surface area contributed by atoms with E-state index in [2.05, 4.69) is 10.4 Å². The summed E-state index contributed by atoms with van der Waals surface area (Å²) in [6.07, 6.45) is 3.87. The smallest absolute Gasteiger partial charge is 0.173 e. The van der Waals surface area contributed by atoms with Gasteiger partial charge in [-0.1, -0.05) is 35.9 Å². The molecule has 3 rings (SSSR count). The lowest BCUT2D eigenvalue weighted by Crippen LogP contribution is -2.30. The molecule has 0 aliphatic carbocycles. The minimum absolute atomic E-state index is 0.632. The van der Waals surface area contributed by atoms with Crippen LogP contribution in [0.3, 0.4) is 0 Å². The topological polar surface area (TPSA) is 33.1 Å². The molecule has 0 fully saturated rings. The van der Waals surface area contributed by atoms with Crippen molar-refractivity contribution in [2.45, 2.75) is 13.5 Å². The summed E-state index contributed by atoms with van der Waals surface area (Å²) in [5.41, 5.74) is 4.04. The summed E-state index contributed by atoms with van der Waals surface area (Å²) in [6.45, 7) is 2.64. The van der Waals surface area contributed by atoms with Crippen LogP contribution in [0, 0.1) is 6.92 Å². The average molecular weight is 371 g/mol. The lowest BCUT2D eigenvalue weighted by Gasteiger charge is -2.20. The van der Waals surface area contributed by atoms with Crippen molar-refractivity contribution in [3.63, 3.8) is 0 Å². The van der Waals surface area contributed by atoms with E-state index in [0.29, 0.717) is 11.7 Å². The zero-order valence-corrected chi connectivity index (χ0v) is 15.7. The molecule has 0 amide bonds. The van der Waals surface area contributed by atoms with E-state index in [-0.39, 0.29) is 0 Å². The summed E-state index contributed by atoms with van der Waals surface area (Å²) >= 11 is 11.6. The Morgan fingerprint density at radius 3 is 2.72 bits per heavy atom. The minimum atomic E-state index is 0.632. The van der Waals surface area contributed by atoms with E-state index >= 15 is 0 Å². The van der Waals surface area contributed by atoms with Gasteiger partial charge in [-0.2, -0.15) is 5.10 Å². The highest BCUT2D eigenvalue weighted by molar-refractivity contribution is 7.80. The molecule has 0 atom stereocenters. The molecule has 1 aromatic heterocycles. The van der Waals surface area contributed by atoms with Gasteiger partial charge in [-0.25, -0.2) is 4.68 Å². The third-order valence-electron chi connectivity index (χ3n) is 3.85. The fraction of sp³-hybridized carbons (Fsp3) is 0.158. The second-order valence-corrected chi connectivity index (χ2v) is 6.67. The van der Waals surface area contributed by atoms with Crippen LogP contribution in [0.4, 0.5) is 5.69 Å². The zero-order valence-electron chi connectivity index (χ0n) is 14.1. The number of nitrogens with one attached hydrogen (secondary N) is 1. The van der Waals surface area contributed by atoms with Crippen molar-refractivity contribution in [3.8, 4) is 5.69 Å². The molecule has 128 valence electrons. The number of aryl methyl sites for hydroxylation is 1. The molecule has 0 radical (unpaired) electrons. The molecule has 25 heavy (non-hydrogen) atoms. The number of halogens is 1. The van der Waals surface area contributed by atoms with Gasteiger partial charge in [0, 0.05) is 36.1 Å². The zero-order chi connectivity index (χ0) is 17.8.